The lowest BCUT2D eigenvalue weighted by Gasteiger charge is -1.99. The van der Waals surface area contributed by atoms with E-state index in [1.807, 2.05) is 13.8 Å². The smallest absolute Gasteiger partial charge is 0.135 e. The van der Waals surface area contributed by atoms with Crippen LogP contribution in [0.5, 0.6) is 0 Å². The normalized spacial score (nSPS) is 32.2. The Hall–Kier alpha value is -0.370. The fourth-order valence-electron chi connectivity index (χ4n) is 0.767. The minimum atomic E-state index is -0.0763. The van der Waals surface area contributed by atoms with Crippen LogP contribution < -0.4 is 0 Å². The SMILES string of the molecule is CCC(=O)CC1(C)CO1. The summed E-state index contributed by atoms with van der Waals surface area (Å²) in [7, 11) is 0. The standard InChI is InChI=1S/C7H12O2/c1-3-6(8)4-7(2)5-9-7/h3-5H2,1-2H3. The zero-order valence-electron chi connectivity index (χ0n) is 5.94. The number of hydrogen-bond donors (Lipinski definition) is 0. The highest BCUT2D eigenvalue weighted by molar-refractivity contribution is 5.79. The third kappa shape index (κ3) is 1.79. The average Bonchev–Trinajstić information content (AvgIpc) is 2.48. The van der Waals surface area contributed by atoms with Crippen LogP contribution in [0.3, 0.4) is 0 Å². The lowest BCUT2D eigenvalue weighted by molar-refractivity contribution is -0.119. The van der Waals surface area contributed by atoms with Gasteiger partial charge in [0.25, 0.3) is 0 Å². The Kier molecular flexibility index (Phi) is 1.58. The molecule has 0 aromatic heterocycles. The summed E-state index contributed by atoms with van der Waals surface area (Å²) in [5.41, 5.74) is -0.0763. The number of epoxide rings is 1. The van der Waals surface area contributed by atoms with Crippen LogP contribution >= 0.6 is 0 Å². The number of carbonyl (C=O) groups is 1. The number of carbonyl (C=O) groups excluding carboxylic acids is 1. The predicted molar refractivity (Wildman–Crippen MR) is 34.3 cm³/mol. The highest BCUT2D eigenvalue weighted by Crippen LogP contribution is 2.30. The van der Waals surface area contributed by atoms with E-state index in [1.54, 1.807) is 0 Å². The zero-order chi connectivity index (χ0) is 6.91. The van der Waals surface area contributed by atoms with Crippen molar-refractivity contribution in [2.75, 3.05) is 6.61 Å². The van der Waals surface area contributed by atoms with E-state index >= 15 is 0 Å². The van der Waals surface area contributed by atoms with Gasteiger partial charge in [0.2, 0.25) is 0 Å². The van der Waals surface area contributed by atoms with Crippen LogP contribution in [-0.2, 0) is 9.53 Å². The van der Waals surface area contributed by atoms with E-state index in [4.69, 9.17) is 4.74 Å². The van der Waals surface area contributed by atoms with Gasteiger partial charge in [0.1, 0.15) is 5.78 Å². The number of Topliss-reactive ketones (excluding diaryl/α,β-unsaturated/α-hetero) is 1. The third-order valence-electron chi connectivity index (χ3n) is 1.60. The van der Waals surface area contributed by atoms with Crippen molar-refractivity contribution in [3.05, 3.63) is 0 Å². The number of rotatable bonds is 3. The number of hydrogen-bond acceptors (Lipinski definition) is 2. The van der Waals surface area contributed by atoms with Crippen molar-refractivity contribution in [1.82, 2.24) is 0 Å². The van der Waals surface area contributed by atoms with Crippen molar-refractivity contribution in [3.63, 3.8) is 0 Å². The lowest BCUT2D eigenvalue weighted by atomic mass is 10.1. The summed E-state index contributed by atoms with van der Waals surface area (Å²) in [6.45, 7) is 4.62. The predicted octanol–water partition coefficient (Wildman–Crippen LogP) is 1.14. The van der Waals surface area contributed by atoms with Gasteiger partial charge in [-0.25, -0.2) is 0 Å². The molecule has 0 radical (unpaired) electrons. The Morgan fingerprint density at radius 1 is 1.78 bits per heavy atom. The Morgan fingerprint density at radius 3 is 2.67 bits per heavy atom. The minimum Gasteiger partial charge on any atom is -0.369 e. The molecule has 0 aromatic rings. The van der Waals surface area contributed by atoms with Gasteiger partial charge in [-0.3, -0.25) is 4.79 Å². The number of ketones is 1. The molecule has 1 unspecified atom stereocenters. The molecular weight excluding hydrogens is 116 g/mol. The van der Waals surface area contributed by atoms with Crippen LogP contribution in [0.2, 0.25) is 0 Å². The fourth-order valence-corrected chi connectivity index (χ4v) is 0.767. The van der Waals surface area contributed by atoms with Crippen molar-refractivity contribution in [1.29, 1.82) is 0 Å². The van der Waals surface area contributed by atoms with E-state index in [-0.39, 0.29) is 5.60 Å². The van der Waals surface area contributed by atoms with Crippen molar-refractivity contribution in [2.45, 2.75) is 32.3 Å². The van der Waals surface area contributed by atoms with Gasteiger partial charge in [-0.2, -0.15) is 0 Å². The van der Waals surface area contributed by atoms with E-state index in [2.05, 4.69) is 0 Å². The summed E-state index contributed by atoms with van der Waals surface area (Å²) in [6.07, 6.45) is 1.24. The Labute approximate surface area is 55.2 Å². The molecule has 1 fully saturated rings. The van der Waals surface area contributed by atoms with Crippen LogP contribution in [0, 0.1) is 0 Å². The molecule has 1 heterocycles. The van der Waals surface area contributed by atoms with Gasteiger partial charge in [0, 0.05) is 12.8 Å². The van der Waals surface area contributed by atoms with Gasteiger partial charge in [0.05, 0.1) is 12.2 Å². The second-order valence-electron chi connectivity index (χ2n) is 2.81. The van der Waals surface area contributed by atoms with E-state index < -0.39 is 0 Å². The molecule has 1 aliphatic heterocycles. The highest BCUT2D eigenvalue weighted by atomic mass is 16.6. The van der Waals surface area contributed by atoms with Crippen LogP contribution in [-0.4, -0.2) is 18.0 Å². The van der Waals surface area contributed by atoms with Crippen LogP contribution in [0.4, 0.5) is 0 Å². The Bertz CT molecular complexity index is 125. The second kappa shape index (κ2) is 2.10. The van der Waals surface area contributed by atoms with Crippen molar-refractivity contribution in [2.24, 2.45) is 0 Å². The van der Waals surface area contributed by atoms with E-state index in [9.17, 15) is 4.79 Å². The van der Waals surface area contributed by atoms with Gasteiger partial charge >= 0.3 is 0 Å². The maximum Gasteiger partial charge on any atom is 0.135 e. The molecule has 2 heteroatoms. The molecule has 2 nitrogen and oxygen atoms in total. The summed E-state index contributed by atoms with van der Waals surface area (Å²) in [5, 5.41) is 0. The maximum absolute atomic E-state index is 10.8. The second-order valence-corrected chi connectivity index (χ2v) is 2.81. The van der Waals surface area contributed by atoms with E-state index in [0.717, 1.165) is 6.61 Å². The molecule has 0 bridgehead atoms. The topological polar surface area (TPSA) is 29.6 Å². The molecule has 1 aliphatic rings. The van der Waals surface area contributed by atoms with E-state index in [0.29, 0.717) is 18.6 Å². The van der Waals surface area contributed by atoms with Crippen molar-refractivity contribution >= 4 is 5.78 Å². The molecule has 9 heavy (non-hydrogen) atoms. The summed E-state index contributed by atoms with van der Waals surface area (Å²) in [6, 6.07) is 0. The molecule has 0 amide bonds. The summed E-state index contributed by atoms with van der Waals surface area (Å²) >= 11 is 0. The van der Waals surface area contributed by atoms with E-state index in [1.165, 1.54) is 0 Å². The molecular formula is C7H12O2. The summed E-state index contributed by atoms with van der Waals surface area (Å²) in [5.74, 6) is 0.301. The Balaban J connectivity index is 2.25. The average molecular weight is 128 g/mol. The first-order valence-corrected chi connectivity index (χ1v) is 3.32. The van der Waals surface area contributed by atoms with Crippen LogP contribution in [0.25, 0.3) is 0 Å². The third-order valence-corrected chi connectivity index (χ3v) is 1.60. The molecule has 52 valence electrons. The maximum atomic E-state index is 10.8. The molecule has 1 saturated heterocycles. The van der Waals surface area contributed by atoms with Crippen LogP contribution in [0.1, 0.15) is 26.7 Å². The largest absolute Gasteiger partial charge is 0.369 e. The summed E-state index contributed by atoms with van der Waals surface area (Å²) < 4.78 is 5.05. The highest BCUT2D eigenvalue weighted by Gasteiger charge is 2.40. The first kappa shape index (κ1) is 6.75. The minimum absolute atomic E-state index is 0.0763. The number of ether oxygens (including phenoxy) is 1. The van der Waals surface area contributed by atoms with Gasteiger partial charge in [-0.15, -0.1) is 0 Å². The van der Waals surface area contributed by atoms with Crippen molar-refractivity contribution in [3.8, 4) is 0 Å². The first-order valence-electron chi connectivity index (χ1n) is 3.32. The lowest BCUT2D eigenvalue weighted by Crippen LogP contribution is -2.11. The van der Waals surface area contributed by atoms with Crippen LogP contribution in [0.15, 0.2) is 0 Å². The summed E-state index contributed by atoms with van der Waals surface area (Å²) in [4.78, 5) is 10.8. The monoisotopic (exact) mass is 128 g/mol. The zero-order valence-corrected chi connectivity index (χ0v) is 5.94. The molecule has 0 N–H and O–H groups in total. The molecule has 0 aromatic carbocycles. The molecule has 0 aliphatic carbocycles. The van der Waals surface area contributed by atoms with Gasteiger partial charge in [-0.1, -0.05) is 6.92 Å². The quantitative estimate of drug-likeness (QED) is 0.533. The molecule has 0 spiro atoms. The van der Waals surface area contributed by atoms with Crippen molar-refractivity contribution < 1.29 is 9.53 Å². The molecule has 0 saturated carbocycles. The van der Waals surface area contributed by atoms with Gasteiger partial charge in [-0.05, 0) is 6.92 Å². The molecule has 1 rings (SSSR count). The fraction of sp³-hybridized carbons (Fsp3) is 0.857. The molecule has 1 atom stereocenters. The first-order chi connectivity index (χ1) is 4.16. The van der Waals surface area contributed by atoms with Gasteiger partial charge < -0.3 is 4.74 Å². The Morgan fingerprint density at radius 2 is 2.33 bits per heavy atom. The van der Waals surface area contributed by atoms with Gasteiger partial charge in [0.15, 0.2) is 0 Å².